The number of halogens is 2. The van der Waals surface area contributed by atoms with E-state index in [4.69, 9.17) is 0 Å². The Hall–Kier alpha value is -0.220. The van der Waals surface area contributed by atoms with E-state index >= 15 is 0 Å². The van der Waals surface area contributed by atoms with Gasteiger partial charge < -0.3 is 10.2 Å². The predicted molar refractivity (Wildman–Crippen MR) is 49.1 cm³/mol. The average Bonchev–Trinajstić information content (AvgIpc) is 1.97. The molecule has 0 aromatic heterocycles. The van der Waals surface area contributed by atoms with E-state index in [0.717, 1.165) is 6.54 Å². The van der Waals surface area contributed by atoms with Gasteiger partial charge in [-0.2, -0.15) is 0 Å². The van der Waals surface area contributed by atoms with Crippen molar-refractivity contribution in [3.63, 3.8) is 0 Å². The Kier molecular flexibility index (Phi) is 3.24. The Balaban J connectivity index is 2.42. The third kappa shape index (κ3) is 2.88. The lowest BCUT2D eigenvalue weighted by Gasteiger charge is -2.36. The van der Waals surface area contributed by atoms with E-state index in [1.165, 1.54) is 0 Å². The van der Waals surface area contributed by atoms with Crippen LogP contribution in [0, 0.1) is 0 Å². The normalized spacial score (nSPS) is 33.7. The minimum absolute atomic E-state index is 0.0136. The van der Waals surface area contributed by atoms with E-state index in [2.05, 4.69) is 5.32 Å². The van der Waals surface area contributed by atoms with Crippen LogP contribution in [0.5, 0.6) is 0 Å². The summed E-state index contributed by atoms with van der Waals surface area (Å²) in [6, 6.07) is -0.476. The second-order valence-corrected chi connectivity index (χ2v) is 4.15. The van der Waals surface area contributed by atoms with Gasteiger partial charge in [0.2, 0.25) is 0 Å². The molecule has 13 heavy (non-hydrogen) atoms. The smallest absolute Gasteiger partial charge is 0.262 e. The number of alkyl halides is 2. The van der Waals surface area contributed by atoms with Gasteiger partial charge in [-0.05, 0) is 27.4 Å². The first-order valence-corrected chi connectivity index (χ1v) is 4.70. The molecule has 1 unspecified atom stereocenters. The molecular weight excluding hydrogens is 174 g/mol. The summed E-state index contributed by atoms with van der Waals surface area (Å²) in [7, 11) is 3.91. The summed E-state index contributed by atoms with van der Waals surface area (Å²) in [5, 5.41) is 2.95. The van der Waals surface area contributed by atoms with Crippen molar-refractivity contribution in [2.75, 3.05) is 20.6 Å². The molecule has 0 radical (unpaired) electrons. The van der Waals surface area contributed by atoms with Crippen LogP contribution in [0.25, 0.3) is 0 Å². The zero-order valence-corrected chi connectivity index (χ0v) is 8.48. The van der Waals surface area contributed by atoms with Crippen LogP contribution in [0.4, 0.5) is 8.78 Å². The molecule has 0 amide bonds. The van der Waals surface area contributed by atoms with E-state index in [9.17, 15) is 8.78 Å². The van der Waals surface area contributed by atoms with Crippen LogP contribution in [-0.4, -0.2) is 43.5 Å². The highest BCUT2D eigenvalue weighted by atomic mass is 19.3. The number of nitrogens with one attached hydrogen (secondary N) is 1. The first-order valence-electron chi connectivity index (χ1n) is 4.70. The second kappa shape index (κ2) is 3.88. The monoisotopic (exact) mass is 192 g/mol. The van der Waals surface area contributed by atoms with Gasteiger partial charge in [0.05, 0.1) is 6.04 Å². The first kappa shape index (κ1) is 10.9. The van der Waals surface area contributed by atoms with Crippen LogP contribution in [0.1, 0.15) is 19.8 Å². The number of nitrogens with zero attached hydrogens (tertiary/aromatic N) is 1. The maximum absolute atomic E-state index is 13.0. The summed E-state index contributed by atoms with van der Waals surface area (Å²) in [5.41, 5.74) is 0. The van der Waals surface area contributed by atoms with E-state index in [1.807, 2.05) is 19.0 Å². The molecular formula is C9H18F2N2. The van der Waals surface area contributed by atoms with Crippen molar-refractivity contribution >= 4 is 0 Å². The summed E-state index contributed by atoms with van der Waals surface area (Å²) in [4.78, 5) is 2.02. The molecule has 0 aromatic carbocycles. The molecule has 4 heteroatoms. The SMILES string of the molecule is CC1N[C@H](CN(C)C)CCC1(F)F. The summed E-state index contributed by atoms with van der Waals surface area (Å²) in [6.07, 6.45) is 0.579. The van der Waals surface area contributed by atoms with Gasteiger partial charge in [0.15, 0.2) is 0 Å². The molecule has 1 rings (SSSR count). The molecule has 0 aliphatic carbocycles. The molecule has 1 aliphatic heterocycles. The van der Waals surface area contributed by atoms with E-state index < -0.39 is 12.0 Å². The van der Waals surface area contributed by atoms with Crippen LogP contribution in [0.15, 0.2) is 0 Å². The van der Waals surface area contributed by atoms with Gasteiger partial charge >= 0.3 is 0 Å². The molecule has 2 atom stereocenters. The highest BCUT2D eigenvalue weighted by Crippen LogP contribution is 2.29. The lowest BCUT2D eigenvalue weighted by atomic mass is 9.95. The van der Waals surface area contributed by atoms with Crippen LogP contribution in [-0.2, 0) is 0 Å². The van der Waals surface area contributed by atoms with Gasteiger partial charge in [0, 0.05) is 19.0 Å². The molecule has 1 N–H and O–H groups in total. The van der Waals surface area contributed by atoms with Crippen molar-refractivity contribution in [1.29, 1.82) is 0 Å². The van der Waals surface area contributed by atoms with E-state index in [0.29, 0.717) is 6.42 Å². The van der Waals surface area contributed by atoms with Crippen molar-refractivity contribution < 1.29 is 8.78 Å². The van der Waals surface area contributed by atoms with Crippen LogP contribution in [0.3, 0.4) is 0 Å². The lowest BCUT2D eigenvalue weighted by molar-refractivity contribution is -0.0657. The lowest BCUT2D eigenvalue weighted by Crippen LogP contribution is -2.55. The van der Waals surface area contributed by atoms with Gasteiger partial charge in [0.25, 0.3) is 5.92 Å². The highest BCUT2D eigenvalue weighted by Gasteiger charge is 2.41. The minimum Gasteiger partial charge on any atom is -0.308 e. The fraction of sp³-hybridized carbons (Fsp3) is 1.00. The zero-order chi connectivity index (χ0) is 10.1. The Morgan fingerprint density at radius 3 is 2.54 bits per heavy atom. The van der Waals surface area contributed by atoms with Crippen molar-refractivity contribution in [3.05, 3.63) is 0 Å². The Labute approximate surface area is 78.3 Å². The summed E-state index contributed by atoms with van der Waals surface area (Å²) >= 11 is 0. The fourth-order valence-electron chi connectivity index (χ4n) is 1.73. The zero-order valence-electron chi connectivity index (χ0n) is 8.48. The largest absolute Gasteiger partial charge is 0.308 e. The number of piperidine rings is 1. The number of hydrogen-bond acceptors (Lipinski definition) is 2. The van der Waals surface area contributed by atoms with E-state index in [-0.39, 0.29) is 12.5 Å². The average molecular weight is 192 g/mol. The molecule has 0 spiro atoms. The minimum atomic E-state index is -2.52. The molecule has 78 valence electrons. The highest BCUT2D eigenvalue weighted by molar-refractivity contribution is 4.90. The van der Waals surface area contributed by atoms with E-state index in [1.54, 1.807) is 6.92 Å². The maximum Gasteiger partial charge on any atom is 0.262 e. The molecule has 1 heterocycles. The Morgan fingerprint density at radius 1 is 1.46 bits per heavy atom. The van der Waals surface area contributed by atoms with Gasteiger partial charge in [-0.3, -0.25) is 0 Å². The standard InChI is InChI=1S/C9H18F2N2/c1-7-9(10,11)5-4-8(12-7)6-13(2)3/h7-8,12H,4-6H2,1-3H3/t7?,8-/m0/s1. The number of rotatable bonds is 2. The molecule has 0 aromatic rings. The first-order chi connectivity index (χ1) is 5.92. The Morgan fingerprint density at radius 2 is 2.08 bits per heavy atom. The number of hydrogen-bond donors (Lipinski definition) is 1. The molecule has 1 fully saturated rings. The van der Waals surface area contributed by atoms with Crippen molar-refractivity contribution in [2.45, 2.75) is 37.8 Å². The van der Waals surface area contributed by atoms with Crippen LogP contribution < -0.4 is 5.32 Å². The molecule has 0 saturated carbocycles. The molecule has 1 saturated heterocycles. The number of likely N-dealkylation sites (N-methyl/N-ethyl adjacent to an activating group) is 1. The molecule has 2 nitrogen and oxygen atoms in total. The molecule has 1 aliphatic rings. The van der Waals surface area contributed by atoms with Crippen molar-refractivity contribution in [2.24, 2.45) is 0 Å². The van der Waals surface area contributed by atoms with Crippen molar-refractivity contribution in [3.8, 4) is 0 Å². The van der Waals surface area contributed by atoms with Crippen molar-refractivity contribution in [1.82, 2.24) is 10.2 Å². The third-order valence-electron chi connectivity index (χ3n) is 2.53. The maximum atomic E-state index is 13.0. The van der Waals surface area contributed by atoms with Gasteiger partial charge in [-0.25, -0.2) is 8.78 Å². The van der Waals surface area contributed by atoms with Gasteiger partial charge in [0.1, 0.15) is 0 Å². The summed E-state index contributed by atoms with van der Waals surface area (Å²) in [5.74, 6) is -2.52. The summed E-state index contributed by atoms with van der Waals surface area (Å²) in [6.45, 7) is 2.39. The molecule has 0 bridgehead atoms. The van der Waals surface area contributed by atoms with Gasteiger partial charge in [-0.15, -0.1) is 0 Å². The Bertz CT molecular complexity index is 171. The van der Waals surface area contributed by atoms with Gasteiger partial charge in [-0.1, -0.05) is 0 Å². The summed E-state index contributed by atoms with van der Waals surface area (Å²) < 4.78 is 26.1. The quantitative estimate of drug-likeness (QED) is 0.710. The van der Waals surface area contributed by atoms with Crippen LogP contribution in [0.2, 0.25) is 0 Å². The van der Waals surface area contributed by atoms with Crippen LogP contribution >= 0.6 is 0 Å². The predicted octanol–water partition coefficient (Wildman–Crippen LogP) is 1.32. The fourth-order valence-corrected chi connectivity index (χ4v) is 1.73. The second-order valence-electron chi connectivity index (χ2n) is 4.15. The topological polar surface area (TPSA) is 15.3 Å². The third-order valence-corrected chi connectivity index (χ3v) is 2.53.